The first kappa shape index (κ1) is 20.0. The summed E-state index contributed by atoms with van der Waals surface area (Å²) in [7, 11) is 0.0616. The van der Waals surface area contributed by atoms with Gasteiger partial charge in [0.15, 0.2) is 0 Å². The third-order valence-electron chi connectivity index (χ3n) is 4.65. The van der Waals surface area contributed by atoms with Crippen LogP contribution in [-0.4, -0.2) is 59.7 Å². The first-order valence-electron chi connectivity index (χ1n) is 9.50. The molecule has 4 rings (SSSR count). The van der Waals surface area contributed by atoms with Gasteiger partial charge >= 0.3 is 8.60 Å². The summed E-state index contributed by atoms with van der Waals surface area (Å²) in [6, 6.07) is 5.90. The number of pyridine rings is 2. The van der Waals surface area contributed by atoms with Crippen LogP contribution in [0.5, 0.6) is 5.75 Å². The maximum Gasteiger partial charge on any atom is 0.396 e. The summed E-state index contributed by atoms with van der Waals surface area (Å²) in [5.41, 5.74) is 2.23. The maximum atomic E-state index is 6.13. The molecule has 3 aromatic rings. The van der Waals surface area contributed by atoms with E-state index < -0.39 is 8.60 Å². The lowest BCUT2D eigenvalue weighted by Crippen LogP contribution is -2.44. The van der Waals surface area contributed by atoms with Crippen molar-refractivity contribution in [1.29, 1.82) is 0 Å². The zero-order valence-corrected chi connectivity index (χ0v) is 17.6. The van der Waals surface area contributed by atoms with Crippen molar-refractivity contribution in [2.45, 2.75) is 19.9 Å². The number of anilines is 1. The van der Waals surface area contributed by atoms with Gasteiger partial charge < -0.3 is 23.2 Å². The van der Waals surface area contributed by atoms with Crippen LogP contribution in [0, 0.1) is 0 Å². The van der Waals surface area contributed by atoms with Crippen LogP contribution in [0.25, 0.3) is 22.3 Å². The van der Waals surface area contributed by atoms with E-state index in [2.05, 4.69) is 27.0 Å². The van der Waals surface area contributed by atoms with Gasteiger partial charge in [0, 0.05) is 37.5 Å². The number of fused-ring (bicyclic) bond motifs is 1. The van der Waals surface area contributed by atoms with Crippen LogP contribution in [0.4, 0.5) is 5.82 Å². The van der Waals surface area contributed by atoms with Gasteiger partial charge in [-0.3, -0.25) is 10.1 Å². The van der Waals surface area contributed by atoms with Gasteiger partial charge in [-0.15, -0.1) is 0 Å². The third kappa shape index (κ3) is 4.18. The van der Waals surface area contributed by atoms with E-state index >= 15 is 0 Å². The second kappa shape index (κ2) is 9.00. The Hall–Kier alpha value is -2.32. The molecule has 0 aliphatic carbocycles. The molecule has 1 aliphatic heterocycles. The third-order valence-corrected chi connectivity index (χ3v) is 5.76. The molecular formula is C19H24N5O4P. The highest BCUT2D eigenvalue weighted by molar-refractivity contribution is 7.42. The molecule has 1 aliphatic rings. The van der Waals surface area contributed by atoms with Gasteiger partial charge in [-0.2, -0.15) is 5.10 Å². The van der Waals surface area contributed by atoms with Gasteiger partial charge in [0.05, 0.1) is 31.6 Å². The lowest BCUT2D eigenvalue weighted by atomic mass is 10.1. The summed E-state index contributed by atoms with van der Waals surface area (Å²) in [4.78, 5) is 11.7. The van der Waals surface area contributed by atoms with Gasteiger partial charge in [0.25, 0.3) is 0 Å². The quantitative estimate of drug-likeness (QED) is 0.584. The molecule has 154 valence electrons. The molecule has 3 aromatic heterocycles. The number of hydrogen-bond acceptors (Lipinski definition) is 8. The minimum absolute atomic E-state index is 0.199. The smallest absolute Gasteiger partial charge is 0.396 e. The number of ether oxygens (including phenoxy) is 1. The highest BCUT2D eigenvalue weighted by Gasteiger charge is 2.24. The summed E-state index contributed by atoms with van der Waals surface area (Å²) in [6.07, 6.45) is 3.43. The van der Waals surface area contributed by atoms with Crippen LogP contribution in [0.1, 0.15) is 13.8 Å². The Kier molecular flexibility index (Phi) is 6.20. The van der Waals surface area contributed by atoms with Crippen molar-refractivity contribution in [3.05, 3.63) is 30.6 Å². The fourth-order valence-corrected chi connectivity index (χ4v) is 4.04. The van der Waals surface area contributed by atoms with Crippen LogP contribution in [-0.2, 0) is 13.8 Å². The topological polar surface area (TPSA) is 94.6 Å². The second-order valence-corrected chi connectivity index (χ2v) is 7.79. The predicted molar refractivity (Wildman–Crippen MR) is 111 cm³/mol. The van der Waals surface area contributed by atoms with Crippen LogP contribution in [0.3, 0.4) is 0 Å². The number of rotatable bonds is 7. The average Bonchev–Trinajstić information content (AvgIpc) is 3.28. The molecular weight excluding hydrogens is 393 g/mol. The highest BCUT2D eigenvalue weighted by atomic mass is 31.2. The zero-order chi connectivity index (χ0) is 20.2. The molecule has 2 atom stereocenters. The summed E-state index contributed by atoms with van der Waals surface area (Å²) < 4.78 is 22.7. The fourth-order valence-electron chi connectivity index (χ4n) is 3.28. The van der Waals surface area contributed by atoms with E-state index in [-0.39, 0.29) is 6.04 Å². The lowest BCUT2D eigenvalue weighted by Gasteiger charge is -2.34. The van der Waals surface area contributed by atoms with E-state index in [0.717, 1.165) is 29.0 Å². The molecule has 0 amide bonds. The molecule has 1 fully saturated rings. The van der Waals surface area contributed by atoms with Crippen LogP contribution in [0.2, 0.25) is 0 Å². The average molecular weight is 417 g/mol. The summed E-state index contributed by atoms with van der Waals surface area (Å²) in [5.74, 6) is 1.45. The summed E-state index contributed by atoms with van der Waals surface area (Å²) >= 11 is 0. The number of hydrogen-bond donors (Lipinski definition) is 1. The Morgan fingerprint density at radius 1 is 1.34 bits per heavy atom. The van der Waals surface area contributed by atoms with E-state index in [0.29, 0.717) is 31.3 Å². The Balaban J connectivity index is 1.86. The van der Waals surface area contributed by atoms with Crippen LogP contribution >= 0.6 is 8.60 Å². The lowest BCUT2D eigenvalue weighted by molar-refractivity contribution is 0.0985. The molecule has 4 heterocycles. The normalized spacial score (nSPS) is 18.2. The molecule has 0 radical (unpaired) electrons. The Labute approximate surface area is 170 Å². The van der Waals surface area contributed by atoms with Crippen molar-refractivity contribution in [3.63, 3.8) is 0 Å². The fraction of sp³-hybridized carbons (Fsp3) is 0.421. The number of aromatic nitrogens is 4. The molecule has 0 aromatic carbocycles. The molecule has 9 nitrogen and oxygen atoms in total. The molecule has 10 heteroatoms. The Morgan fingerprint density at radius 2 is 2.24 bits per heavy atom. The molecule has 0 saturated carbocycles. The monoisotopic (exact) mass is 417 g/mol. The number of nitrogens with one attached hydrogen (secondary N) is 1. The first-order valence-corrected chi connectivity index (χ1v) is 10.6. The number of morpholine rings is 1. The van der Waals surface area contributed by atoms with Gasteiger partial charge in [0.1, 0.15) is 22.8 Å². The van der Waals surface area contributed by atoms with Crippen LogP contribution < -0.4 is 9.42 Å². The molecule has 1 saturated heterocycles. The van der Waals surface area contributed by atoms with Crippen molar-refractivity contribution in [1.82, 2.24) is 20.2 Å². The van der Waals surface area contributed by atoms with Crippen molar-refractivity contribution in [3.8, 4) is 17.1 Å². The van der Waals surface area contributed by atoms with E-state index in [1.807, 2.05) is 25.1 Å². The minimum Gasteiger partial charge on any atom is -0.426 e. The Bertz CT molecular complexity index is 955. The maximum absolute atomic E-state index is 6.13. The van der Waals surface area contributed by atoms with E-state index in [9.17, 15) is 0 Å². The molecule has 29 heavy (non-hydrogen) atoms. The van der Waals surface area contributed by atoms with Crippen LogP contribution in [0.15, 0.2) is 30.6 Å². The Morgan fingerprint density at radius 3 is 2.97 bits per heavy atom. The van der Waals surface area contributed by atoms with Crippen molar-refractivity contribution in [2.24, 2.45) is 0 Å². The number of H-pyrrole nitrogens is 1. The zero-order valence-electron chi connectivity index (χ0n) is 16.7. The largest absolute Gasteiger partial charge is 0.426 e. The minimum atomic E-state index is -1.52. The molecule has 0 bridgehead atoms. The highest BCUT2D eigenvalue weighted by Crippen LogP contribution is 2.44. The number of nitrogens with zero attached hydrogens (tertiary/aromatic N) is 4. The molecule has 1 N–H and O–H groups in total. The first-order chi connectivity index (χ1) is 14.2. The SMILES string of the molecule is CCOP(OC)Oc1cc(N2CCOC[C@H]2C)nc2c(-c3ccn[nH]3)nccc12. The second-order valence-electron chi connectivity index (χ2n) is 6.54. The molecule has 1 unspecified atom stereocenters. The van der Waals surface area contributed by atoms with E-state index in [4.69, 9.17) is 23.3 Å². The van der Waals surface area contributed by atoms with E-state index in [1.54, 1.807) is 19.5 Å². The van der Waals surface area contributed by atoms with Gasteiger partial charge in [-0.05, 0) is 26.0 Å². The standard InChI is InChI=1S/C19H24N5O4P/c1-4-27-29(25-3)28-16-11-17(24-9-10-26-12-13(24)2)22-18-14(16)5-7-20-19(18)15-6-8-21-23-15/h5-8,11,13H,4,9-10,12H2,1-3H3,(H,21,23)/t13-,29?/m1/s1. The van der Waals surface area contributed by atoms with Gasteiger partial charge in [0.2, 0.25) is 0 Å². The summed E-state index contributed by atoms with van der Waals surface area (Å²) in [6.45, 7) is 6.58. The molecule has 0 spiro atoms. The van der Waals surface area contributed by atoms with Crippen molar-refractivity contribution < 1.29 is 18.3 Å². The number of aromatic amines is 1. The van der Waals surface area contributed by atoms with E-state index in [1.165, 1.54) is 0 Å². The van der Waals surface area contributed by atoms with Gasteiger partial charge in [-0.25, -0.2) is 4.98 Å². The summed E-state index contributed by atoms with van der Waals surface area (Å²) in [5, 5.41) is 7.86. The predicted octanol–water partition coefficient (Wildman–Crippen LogP) is 3.53. The van der Waals surface area contributed by atoms with Crippen molar-refractivity contribution in [2.75, 3.05) is 38.4 Å². The van der Waals surface area contributed by atoms with Gasteiger partial charge in [-0.1, -0.05) is 0 Å². The van der Waals surface area contributed by atoms with Crippen molar-refractivity contribution >= 4 is 25.3 Å².